The van der Waals surface area contributed by atoms with E-state index in [-0.39, 0.29) is 23.2 Å². The molecule has 7 nitrogen and oxygen atoms in total. The predicted molar refractivity (Wildman–Crippen MR) is 119 cm³/mol. The van der Waals surface area contributed by atoms with Crippen LogP contribution in [0.1, 0.15) is 59.9 Å². The Morgan fingerprint density at radius 1 is 1.22 bits per heavy atom. The summed E-state index contributed by atoms with van der Waals surface area (Å²) in [5.74, 6) is -0.350. The molecule has 0 spiro atoms. The van der Waals surface area contributed by atoms with E-state index in [0.717, 1.165) is 42.8 Å². The molecule has 8 heteroatoms. The molecule has 1 amide bonds. The Hall–Kier alpha value is -3.00. The zero-order valence-electron chi connectivity index (χ0n) is 18.5. The molecule has 1 fully saturated rings. The zero-order valence-corrected chi connectivity index (χ0v) is 18.5. The van der Waals surface area contributed by atoms with E-state index in [0.29, 0.717) is 36.9 Å². The molecule has 1 atom stereocenters. The minimum atomic E-state index is -0.353. The number of fused-ring (bicyclic) bond motifs is 2. The summed E-state index contributed by atoms with van der Waals surface area (Å²) in [4.78, 5) is 35.0. The molecule has 32 heavy (non-hydrogen) atoms. The summed E-state index contributed by atoms with van der Waals surface area (Å²) in [7, 11) is 0. The SMILES string of the molecule is CC(C)N1CCc2nc3cc(C4CCCN(C(=O)c5ccc(F)cc5)C4)[nH]n3c(=O)c2C1. The minimum absolute atomic E-state index is 0.0309. The second-order valence-corrected chi connectivity index (χ2v) is 9.16. The van der Waals surface area contributed by atoms with Gasteiger partial charge in [-0.2, -0.15) is 0 Å². The first-order chi connectivity index (χ1) is 15.4. The molecule has 0 radical (unpaired) electrons. The molecular weight excluding hydrogens is 409 g/mol. The maximum atomic E-state index is 13.2. The molecule has 168 valence electrons. The van der Waals surface area contributed by atoms with E-state index >= 15 is 0 Å². The normalized spacial score (nSPS) is 19.5. The topological polar surface area (TPSA) is 73.7 Å². The number of likely N-dealkylation sites (tertiary alicyclic amines) is 1. The third kappa shape index (κ3) is 3.72. The van der Waals surface area contributed by atoms with E-state index < -0.39 is 0 Å². The molecule has 1 saturated heterocycles. The van der Waals surface area contributed by atoms with Gasteiger partial charge in [-0.05, 0) is 51.0 Å². The highest BCUT2D eigenvalue weighted by Gasteiger charge is 2.28. The van der Waals surface area contributed by atoms with Gasteiger partial charge >= 0.3 is 0 Å². The van der Waals surface area contributed by atoms with Crippen LogP contribution in [0.25, 0.3) is 5.65 Å². The number of aromatic nitrogens is 3. The molecule has 1 N–H and O–H groups in total. The van der Waals surface area contributed by atoms with Crippen LogP contribution in [0.5, 0.6) is 0 Å². The van der Waals surface area contributed by atoms with E-state index in [9.17, 15) is 14.0 Å². The van der Waals surface area contributed by atoms with Crippen molar-refractivity contribution in [2.75, 3.05) is 19.6 Å². The van der Waals surface area contributed by atoms with E-state index in [4.69, 9.17) is 4.98 Å². The molecule has 0 saturated carbocycles. The second-order valence-electron chi connectivity index (χ2n) is 9.16. The van der Waals surface area contributed by atoms with Crippen LogP contribution >= 0.6 is 0 Å². The monoisotopic (exact) mass is 437 g/mol. The van der Waals surface area contributed by atoms with Crippen LogP contribution < -0.4 is 5.56 Å². The molecule has 4 heterocycles. The molecular formula is C24H28FN5O2. The summed E-state index contributed by atoms with van der Waals surface area (Å²) in [6.07, 6.45) is 2.58. The Bertz CT molecular complexity index is 1210. The van der Waals surface area contributed by atoms with Gasteiger partial charge in [0.25, 0.3) is 11.5 Å². The van der Waals surface area contributed by atoms with Crippen LogP contribution in [0.2, 0.25) is 0 Å². The second kappa shape index (κ2) is 8.16. The predicted octanol–water partition coefficient (Wildman–Crippen LogP) is 2.95. The van der Waals surface area contributed by atoms with Gasteiger partial charge in [0.05, 0.1) is 11.3 Å². The molecule has 0 bridgehead atoms. The van der Waals surface area contributed by atoms with Crippen molar-refractivity contribution in [1.82, 2.24) is 24.4 Å². The van der Waals surface area contributed by atoms with Crippen LogP contribution in [-0.2, 0) is 13.0 Å². The fourth-order valence-electron chi connectivity index (χ4n) is 4.86. The highest BCUT2D eigenvalue weighted by molar-refractivity contribution is 5.94. The van der Waals surface area contributed by atoms with E-state index in [1.165, 1.54) is 24.3 Å². The summed E-state index contributed by atoms with van der Waals surface area (Å²) < 4.78 is 14.8. The lowest BCUT2D eigenvalue weighted by Gasteiger charge is -2.32. The summed E-state index contributed by atoms with van der Waals surface area (Å²) in [5.41, 5.74) is 3.69. The molecule has 0 aliphatic carbocycles. The number of hydrogen-bond donors (Lipinski definition) is 1. The van der Waals surface area contributed by atoms with Crippen molar-refractivity contribution in [2.45, 2.75) is 51.6 Å². The van der Waals surface area contributed by atoms with Crippen molar-refractivity contribution in [3.63, 3.8) is 0 Å². The number of piperidine rings is 1. The first-order valence-corrected chi connectivity index (χ1v) is 11.3. The largest absolute Gasteiger partial charge is 0.338 e. The molecule has 5 rings (SSSR count). The van der Waals surface area contributed by atoms with Crippen LogP contribution in [0.4, 0.5) is 4.39 Å². The number of nitrogens with zero attached hydrogens (tertiary/aromatic N) is 4. The van der Waals surface area contributed by atoms with Crippen molar-refractivity contribution >= 4 is 11.6 Å². The average molecular weight is 438 g/mol. The number of hydrogen-bond acceptors (Lipinski definition) is 4. The number of rotatable bonds is 3. The highest BCUT2D eigenvalue weighted by atomic mass is 19.1. The van der Waals surface area contributed by atoms with Gasteiger partial charge < -0.3 is 4.90 Å². The van der Waals surface area contributed by atoms with Gasteiger partial charge in [-0.1, -0.05) is 0 Å². The van der Waals surface area contributed by atoms with Gasteiger partial charge in [0.2, 0.25) is 0 Å². The summed E-state index contributed by atoms with van der Waals surface area (Å²) >= 11 is 0. The summed E-state index contributed by atoms with van der Waals surface area (Å²) in [5, 5.41) is 3.27. The van der Waals surface area contributed by atoms with Crippen LogP contribution in [0.3, 0.4) is 0 Å². The smallest absolute Gasteiger partial charge is 0.277 e. The fraction of sp³-hybridized carbons (Fsp3) is 0.458. The van der Waals surface area contributed by atoms with Gasteiger partial charge in [0.1, 0.15) is 5.82 Å². The Morgan fingerprint density at radius 3 is 2.75 bits per heavy atom. The quantitative estimate of drug-likeness (QED) is 0.684. The number of halogens is 1. The van der Waals surface area contributed by atoms with Crippen molar-refractivity contribution < 1.29 is 9.18 Å². The van der Waals surface area contributed by atoms with E-state index in [2.05, 4.69) is 23.8 Å². The molecule has 3 aromatic rings. The summed E-state index contributed by atoms with van der Waals surface area (Å²) in [6.45, 7) is 7.04. The number of H-pyrrole nitrogens is 1. The fourth-order valence-corrected chi connectivity index (χ4v) is 4.86. The van der Waals surface area contributed by atoms with E-state index in [1.54, 1.807) is 4.52 Å². The first kappa shape index (κ1) is 20.9. The standard InChI is InChI=1S/C24H28FN5O2/c1-15(2)28-11-9-20-19(14-28)24(32)30-22(26-20)12-21(27-30)17-4-3-10-29(13-17)23(31)16-5-7-18(25)8-6-16/h5-8,12,15,17,27H,3-4,9-11,13-14H2,1-2H3. The maximum Gasteiger partial charge on any atom is 0.277 e. The van der Waals surface area contributed by atoms with Crippen molar-refractivity contribution in [1.29, 1.82) is 0 Å². The van der Waals surface area contributed by atoms with Gasteiger partial charge in [-0.3, -0.25) is 19.6 Å². The number of carbonyl (C=O) groups excluding carboxylic acids is 1. The Balaban J connectivity index is 1.41. The van der Waals surface area contributed by atoms with Gasteiger partial charge in [-0.15, -0.1) is 0 Å². The minimum Gasteiger partial charge on any atom is -0.338 e. The molecule has 2 aliphatic heterocycles. The molecule has 1 unspecified atom stereocenters. The van der Waals surface area contributed by atoms with Gasteiger partial charge in [-0.25, -0.2) is 13.9 Å². The zero-order chi connectivity index (χ0) is 22.4. The Kier molecular flexibility index (Phi) is 5.33. The van der Waals surface area contributed by atoms with Crippen molar-refractivity contribution in [3.05, 3.63) is 69.0 Å². The number of carbonyl (C=O) groups is 1. The number of aromatic amines is 1. The Morgan fingerprint density at radius 2 is 2.00 bits per heavy atom. The van der Waals surface area contributed by atoms with Crippen LogP contribution in [0, 0.1) is 5.82 Å². The van der Waals surface area contributed by atoms with E-state index in [1.807, 2.05) is 11.0 Å². The lowest BCUT2D eigenvalue weighted by molar-refractivity contribution is 0.0705. The number of benzene rings is 1. The first-order valence-electron chi connectivity index (χ1n) is 11.3. The summed E-state index contributed by atoms with van der Waals surface area (Å²) in [6, 6.07) is 8.01. The van der Waals surface area contributed by atoms with Crippen molar-refractivity contribution in [3.8, 4) is 0 Å². The number of nitrogens with one attached hydrogen (secondary N) is 1. The highest BCUT2D eigenvalue weighted by Crippen LogP contribution is 2.28. The Labute approximate surface area is 185 Å². The molecule has 1 aromatic carbocycles. The molecule has 2 aromatic heterocycles. The van der Waals surface area contributed by atoms with Crippen molar-refractivity contribution in [2.24, 2.45) is 0 Å². The van der Waals surface area contributed by atoms with Crippen LogP contribution in [-0.4, -0.2) is 56.0 Å². The maximum absolute atomic E-state index is 13.2. The third-order valence-electron chi connectivity index (χ3n) is 6.78. The lowest BCUT2D eigenvalue weighted by atomic mass is 9.94. The third-order valence-corrected chi connectivity index (χ3v) is 6.78. The van der Waals surface area contributed by atoms with Gasteiger partial charge in [0.15, 0.2) is 5.65 Å². The van der Waals surface area contributed by atoms with Crippen LogP contribution in [0.15, 0.2) is 35.1 Å². The average Bonchev–Trinajstić information content (AvgIpc) is 3.23. The lowest BCUT2D eigenvalue weighted by Crippen LogP contribution is -2.40. The van der Waals surface area contributed by atoms with Gasteiger partial charge in [0, 0.05) is 61.9 Å². The number of amides is 1. The molecule has 2 aliphatic rings.